The van der Waals surface area contributed by atoms with Crippen LogP contribution in [0.5, 0.6) is 0 Å². The van der Waals surface area contributed by atoms with E-state index in [1.165, 1.54) is 64.6 Å². The number of guanidine groups is 1. The summed E-state index contributed by atoms with van der Waals surface area (Å²) in [6.45, 7) is 7.70. The lowest BCUT2D eigenvalue weighted by Gasteiger charge is -2.32. The zero-order valence-corrected chi connectivity index (χ0v) is 17.9. The molecule has 0 amide bonds. The first-order valence-corrected chi connectivity index (χ1v) is 9.63. The highest BCUT2D eigenvalue weighted by Crippen LogP contribution is 2.20. The molecule has 2 N–H and O–H groups in total. The van der Waals surface area contributed by atoms with Gasteiger partial charge in [0.1, 0.15) is 0 Å². The average molecular weight is 452 g/mol. The van der Waals surface area contributed by atoms with E-state index in [2.05, 4.69) is 27.4 Å². The first kappa shape index (κ1) is 22.0. The second-order valence-electron chi connectivity index (χ2n) is 6.89. The standard InChI is InChI=1S/C18H36N4O.HI/c1-3-12-22-13-9-16(10-14-22)21-18(19-2)20-11-6-15-23-17-7-4-5-8-17;/h16-17H,3-15H2,1-2H3,(H2,19,20,21);1H. The molecule has 1 heterocycles. The number of hydrogen-bond acceptors (Lipinski definition) is 3. The SMILES string of the molecule is CCCN1CCC(NC(=NC)NCCCOC2CCCC2)CC1.I. The molecule has 2 aliphatic rings. The maximum Gasteiger partial charge on any atom is 0.191 e. The summed E-state index contributed by atoms with van der Waals surface area (Å²) in [6.07, 6.45) is 10.5. The number of halogens is 1. The number of rotatable bonds is 8. The van der Waals surface area contributed by atoms with Crippen LogP contribution in [-0.2, 0) is 4.74 Å². The van der Waals surface area contributed by atoms with Crippen molar-refractivity contribution in [1.82, 2.24) is 15.5 Å². The molecule has 0 spiro atoms. The van der Waals surface area contributed by atoms with Gasteiger partial charge in [0.15, 0.2) is 5.96 Å². The molecule has 0 unspecified atom stereocenters. The Kier molecular flexibility index (Phi) is 12.0. The van der Waals surface area contributed by atoms with Crippen molar-refractivity contribution in [3.63, 3.8) is 0 Å². The van der Waals surface area contributed by atoms with Crippen molar-refractivity contribution in [2.45, 2.75) is 70.4 Å². The Morgan fingerprint density at radius 1 is 1.17 bits per heavy atom. The van der Waals surface area contributed by atoms with Crippen molar-refractivity contribution in [2.24, 2.45) is 4.99 Å². The highest BCUT2D eigenvalue weighted by molar-refractivity contribution is 14.0. The summed E-state index contributed by atoms with van der Waals surface area (Å²) >= 11 is 0. The largest absolute Gasteiger partial charge is 0.378 e. The van der Waals surface area contributed by atoms with Gasteiger partial charge in [-0.3, -0.25) is 4.99 Å². The number of aliphatic imine (C=N–C) groups is 1. The van der Waals surface area contributed by atoms with E-state index in [1.807, 2.05) is 7.05 Å². The maximum atomic E-state index is 5.90. The van der Waals surface area contributed by atoms with E-state index < -0.39 is 0 Å². The zero-order chi connectivity index (χ0) is 16.3. The summed E-state index contributed by atoms with van der Waals surface area (Å²) in [4.78, 5) is 6.92. The molecule has 2 rings (SSSR count). The van der Waals surface area contributed by atoms with Crippen molar-refractivity contribution >= 4 is 29.9 Å². The molecule has 0 aromatic heterocycles. The molecule has 0 radical (unpaired) electrons. The molecule has 1 aliphatic carbocycles. The topological polar surface area (TPSA) is 48.9 Å². The Labute approximate surface area is 165 Å². The highest BCUT2D eigenvalue weighted by Gasteiger charge is 2.19. The Hall–Kier alpha value is -0.0800. The van der Waals surface area contributed by atoms with Crippen LogP contribution in [0.25, 0.3) is 0 Å². The fourth-order valence-corrected chi connectivity index (χ4v) is 3.59. The molecule has 5 nitrogen and oxygen atoms in total. The van der Waals surface area contributed by atoms with Gasteiger partial charge in [-0.15, -0.1) is 24.0 Å². The van der Waals surface area contributed by atoms with Gasteiger partial charge >= 0.3 is 0 Å². The highest BCUT2D eigenvalue weighted by atomic mass is 127. The summed E-state index contributed by atoms with van der Waals surface area (Å²) in [7, 11) is 1.86. The molecule has 142 valence electrons. The van der Waals surface area contributed by atoms with Crippen LogP contribution in [-0.4, -0.2) is 62.8 Å². The molecule has 1 aliphatic heterocycles. The minimum Gasteiger partial charge on any atom is -0.378 e. The lowest BCUT2D eigenvalue weighted by atomic mass is 10.1. The predicted octanol–water partition coefficient (Wildman–Crippen LogP) is 2.99. The van der Waals surface area contributed by atoms with Gasteiger partial charge in [0.2, 0.25) is 0 Å². The summed E-state index contributed by atoms with van der Waals surface area (Å²) in [5.41, 5.74) is 0. The van der Waals surface area contributed by atoms with E-state index >= 15 is 0 Å². The summed E-state index contributed by atoms with van der Waals surface area (Å²) < 4.78 is 5.90. The summed E-state index contributed by atoms with van der Waals surface area (Å²) in [5.74, 6) is 0.944. The first-order valence-electron chi connectivity index (χ1n) is 9.63. The molecule has 0 aromatic rings. The van der Waals surface area contributed by atoms with Gasteiger partial charge in [-0.2, -0.15) is 0 Å². The quantitative estimate of drug-likeness (QED) is 0.257. The number of hydrogen-bond donors (Lipinski definition) is 2. The number of nitrogens with zero attached hydrogens (tertiary/aromatic N) is 2. The molecule has 0 bridgehead atoms. The Balaban J connectivity index is 0.00000288. The van der Waals surface area contributed by atoms with Gasteiger partial charge in [0, 0.05) is 39.3 Å². The van der Waals surface area contributed by atoms with E-state index in [-0.39, 0.29) is 24.0 Å². The Morgan fingerprint density at radius 2 is 1.88 bits per heavy atom. The number of likely N-dealkylation sites (tertiary alicyclic amines) is 1. The monoisotopic (exact) mass is 452 g/mol. The van der Waals surface area contributed by atoms with Gasteiger partial charge in [-0.05, 0) is 45.1 Å². The zero-order valence-electron chi connectivity index (χ0n) is 15.6. The normalized spacial score (nSPS) is 20.8. The third kappa shape index (κ3) is 8.34. The van der Waals surface area contributed by atoms with Gasteiger partial charge in [-0.25, -0.2) is 0 Å². The molecule has 1 saturated carbocycles. The number of ether oxygens (including phenoxy) is 1. The van der Waals surface area contributed by atoms with Crippen LogP contribution >= 0.6 is 24.0 Å². The third-order valence-corrected chi connectivity index (χ3v) is 4.96. The van der Waals surface area contributed by atoms with Crippen LogP contribution < -0.4 is 10.6 Å². The molecule has 0 atom stereocenters. The van der Waals surface area contributed by atoms with Crippen molar-refractivity contribution < 1.29 is 4.74 Å². The summed E-state index contributed by atoms with van der Waals surface area (Å²) in [5, 5.41) is 7.00. The number of nitrogens with one attached hydrogen (secondary N) is 2. The van der Waals surface area contributed by atoms with Gasteiger partial charge in [-0.1, -0.05) is 19.8 Å². The molecule has 1 saturated heterocycles. The second-order valence-corrected chi connectivity index (χ2v) is 6.89. The van der Waals surface area contributed by atoms with E-state index in [9.17, 15) is 0 Å². The molecule has 6 heteroatoms. The molecule has 2 fully saturated rings. The predicted molar refractivity (Wildman–Crippen MR) is 112 cm³/mol. The minimum absolute atomic E-state index is 0. The second kappa shape index (κ2) is 13.2. The van der Waals surface area contributed by atoms with Crippen LogP contribution in [0.4, 0.5) is 0 Å². The summed E-state index contributed by atoms with van der Waals surface area (Å²) in [6, 6.07) is 0.559. The maximum absolute atomic E-state index is 5.90. The lowest BCUT2D eigenvalue weighted by molar-refractivity contribution is 0.0574. The van der Waals surface area contributed by atoms with Crippen LogP contribution in [0.3, 0.4) is 0 Å². The lowest BCUT2D eigenvalue weighted by Crippen LogP contribution is -2.49. The molecular weight excluding hydrogens is 415 g/mol. The Bertz CT molecular complexity index is 340. The molecular formula is C18H37IN4O. The fraction of sp³-hybridized carbons (Fsp3) is 0.944. The van der Waals surface area contributed by atoms with Crippen LogP contribution in [0.15, 0.2) is 4.99 Å². The minimum atomic E-state index is 0. The first-order chi connectivity index (χ1) is 11.3. The van der Waals surface area contributed by atoms with Crippen LogP contribution in [0.1, 0.15) is 58.3 Å². The number of piperidine rings is 1. The average Bonchev–Trinajstić information content (AvgIpc) is 3.09. The van der Waals surface area contributed by atoms with Gasteiger partial charge in [0.25, 0.3) is 0 Å². The van der Waals surface area contributed by atoms with Gasteiger partial charge in [0.05, 0.1) is 6.10 Å². The van der Waals surface area contributed by atoms with Crippen molar-refractivity contribution in [2.75, 3.05) is 39.8 Å². The molecule has 24 heavy (non-hydrogen) atoms. The Morgan fingerprint density at radius 3 is 2.50 bits per heavy atom. The van der Waals surface area contributed by atoms with Crippen LogP contribution in [0.2, 0.25) is 0 Å². The van der Waals surface area contributed by atoms with E-state index in [0.717, 1.165) is 25.5 Å². The van der Waals surface area contributed by atoms with Crippen molar-refractivity contribution in [3.8, 4) is 0 Å². The van der Waals surface area contributed by atoms with E-state index in [4.69, 9.17) is 4.74 Å². The smallest absolute Gasteiger partial charge is 0.191 e. The fourth-order valence-electron chi connectivity index (χ4n) is 3.59. The van der Waals surface area contributed by atoms with Crippen molar-refractivity contribution in [1.29, 1.82) is 0 Å². The van der Waals surface area contributed by atoms with Crippen LogP contribution in [0, 0.1) is 0 Å². The van der Waals surface area contributed by atoms with Crippen molar-refractivity contribution in [3.05, 3.63) is 0 Å². The van der Waals surface area contributed by atoms with E-state index in [0.29, 0.717) is 12.1 Å². The van der Waals surface area contributed by atoms with Gasteiger partial charge < -0.3 is 20.3 Å². The molecule has 0 aromatic carbocycles. The third-order valence-electron chi connectivity index (χ3n) is 4.96. The van der Waals surface area contributed by atoms with E-state index in [1.54, 1.807) is 0 Å².